The molecule has 2 aromatic rings. The predicted octanol–water partition coefficient (Wildman–Crippen LogP) is 4.85. The molecule has 28 heavy (non-hydrogen) atoms. The Morgan fingerprint density at radius 1 is 1.21 bits per heavy atom. The Hall–Kier alpha value is -2.16. The fourth-order valence-corrected chi connectivity index (χ4v) is 4.77. The van der Waals surface area contributed by atoms with E-state index in [1.165, 1.54) is 17.8 Å². The second-order valence-corrected chi connectivity index (χ2v) is 8.91. The highest BCUT2D eigenvalue weighted by Gasteiger charge is 2.31. The van der Waals surface area contributed by atoms with Gasteiger partial charge in [-0.3, -0.25) is 14.5 Å². The molecule has 0 spiro atoms. The number of nitrogens with one attached hydrogen (secondary N) is 1. The van der Waals surface area contributed by atoms with E-state index >= 15 is 0 Å². The lowest BCUT2D eigenvalue weighted by Crippen LogP contribution is -2.29. The maximum atomic E-state index is 12.5. The maximum Gasteiger partial charge on any atom is 0.266 e. The fraction of sp³-hybridized carbons (Fsp3) is 0.250. The molecule has 5 nitrogen and oxygen atoms in total. The molecular formula is C20H20N2O3S3. The van der Waals surface area contributed by atoms with E-state index in [2.05, 4.69) is 5.32 Å². The molecule has 0 radical (unpaired) electrons. The molecule has 2 heterocycles. The molecule has 1 saturated heterocycles. The molecule has 2 amide bonds. The molecule has 1 fully saturated rings. The Balaban J connectivity index is 1.38. The summed E-state index contributed by atoms with van der Waals surface area (Å²) in [5.74, 6) is -0.00506. The molecule has 146 valence electrons. The number of amides is 2. The van der Waals surface area contributed by atoms with Crippen LogP contribution in [0, 0.1) is 0 Å². The van der Waals surface area contributed by atoms with Gasteiger partial charge in [-0.25, -0.2) is 0 Å². The van der Waals surface area contributed by atoms with Crippen LogP contribution >= 0.6 is 35.3 Å². The van der Waals surface area contributed by atoms with Gasteiger partial charge >= 0.3 is 0 Å². The number of phenols is 1. The number of thioether (sulfide) groups is 1. The third kappa shape index (κ3) is 5.67. The number of thiophene rings is 1. The summed E-state index contributed by atoms with van der Waals surface area (Å²) in [5, 5.41) is 14.1. The zero-order chi connectivity index (χ0) is 19.9. The molecule has 1 aliphatic heterocycles. The molecule has 1 aromatic carbocycles. The first-order valence-electron chi connectivity index (χ1n) is 8.91. The average molecular weight is 433 g/mol. The van der Waals surface area contributed by atoms with Crippen molar-refractivity contribution in [2.75, 3.05) is 11.9 Å². The van der Waals surface area contributed by atoms with Crippen molar-refractivity contribution in [1.29, 1.82) is 0 Å². The van der Waals surface area contributed by atoms with Gasteiger partial charge in [0.25, 0.3) is 5.91 Å². The second kappa shape index (κ2) is 9.86. The number of anilines is 1. The van der Waals surface area contributed by atoms with Gasteiger partial charge in [-0.1, -0.05) is 42.5 Å². The molecule has 1 aromatic heterocycles. The number of hydrogen-bond donors (Lipinski definition) is 2. The monoisotopic (exact) mass is 432 g/mol. The Bertz CT molecular complexity index is 894. The van der Waals surface area contributed by atoms with Gasteiger partial charge in [0, 0.05) is 29.6 Å². The number of phenolic OH excluding ortho intramolecular Hbond substituents is 1. The van der Waals surface area contributed by atoms with E-state index in [1.807, 2.05) is 23.6 Å². The van der Waals surface area contributed by atoms with E-state index in [0.717, 1.165) is 24.1 Å². The minimum atomic E-state index is -0.0879. The van der Waals surface area contributed by atoms with Crippen molar-refractivity contribution in [1.82, 2.24) is 4.90 Å². The van der Waals surface area contributed by atoms with Crippen molar-refractivity contribution >= 4 is 63.2 Å². The van der Waals surface area contributed by atoms with Gasteiger partial charge < -0.3 is 10.4 Å². The lowest BCUT2D eigenvalue weighted by atomic mass is 10.1. The molecule has 2 N–H and O–H groups in total. The maximum absolute atomic E-state index is 12.5. The SMILES string of the molecule is O=C(CCCCCN1C(=O)/C(=C\c2cccs2)SC1=S)Nc1cccc(O)c1. The van der Waals surface area contributed by atoms with Crippen LogP contribution in [-0.4, -0.2) is 32.7 Å². The fourth-order valence-electron chi connectivity index (χ4n) is 2.73. The number of unbranched alkanes of at least 4 members (excludes halogenated alkanes) is 2. The summed E-state index contributed by atoms with van der Waals surface area (Å²) in [6, 6.07) is 10.4. The zero-order valence-corrected chi connectivity index (χ0v) is 17.5. The van der Waals surface area contributed by atoms with Gasteiger partial charge in [0.1, 0.15) is 10.1 Å². The minimum absolute atomic E-state index is 0.0370. The number of hydrogen-bond acceptors (Lipinski definition) is 6. The van der Waals surface area contributed by atoms with Crippen molar-refractivity contribution in [3.63, 3.8) is 0 Å². The van der Waals surface area contributed by atoms with Gasteiger partial charge in [-0.05, 0) is 42.5 Å². The molecule has 0 bridgehead atoms. The first kappa shape index (κ1) is 20.6. The number of benzene rings is 1. The highest BCUT2D eigenvalue weighted by molar-refractivity contribution is 8.26. The summed E-state index contributed by atoms with van der Waals surface area (Å²) in [5.41, 5.74) is 0.583. The van der Waals surface area contributed by atoms with E-state index in [-0.39, 0.29) is 17.6 Å². The third-order valence-corrected chi connectivity index (χ3v) is 6.30. The first-order chi connectivity index (χ1) is 13.5. The van der Waals surface area contributed by atoms with Crippen LogP contribution in [0.4, 0.5) is 5.69 Å². The average Bonchev–Trinajstić information content (AvgIpc) is 3.25. The quantitative estimate of drug-likeness (QED) is 0.354. The van der Waals surface area contributed by atoms with Crippen LogP contribution in [0.5, 0.6) is 5.75 Å². The Kier molecular flexibility index (Phi) is 7.24. The predicted molar refractivity (Wildman–Crippen MR) is 119 cm³/mol. The largest absolute Gasteiger partial charge is 0.508 e. The number of carbonyl (C=O) groups is 2. The van der Waals surface area contributed by atoms with Gasteiger partial charge in [-0.2, -0.15) is 0 Å². The molecule has 8 heteroatoms. The van der Waals surface area contributed by atoms with Crippen LogP contribution in [0.25, 0.3) is 6.08 Å². The summed E-state index contributed by atoms with van der Waals surface area (Å²) in [6.45, 7) is 0.570. The van der Waals surface area contributed by atoms with E-state index in [4.69, 9.17) is 12.2 Å². The van der Waals surface area contributed by atoms with Crippen molar-refractivity contribution in [3.05, 3.63) is 51.6 Å². The lowest BCUT2D eigenvalue weighted by Gasteiger charge is -2.14. The number of rotatable bonds is 8. The van der Waals surface area contributed by atoms with Gasteiger partial charge in [0.05, 0.1) is 4.91 Å². The van der Waals surface area contributed by atoms with Gasteiger partial charge in [0.2, 0.25) is 5.91 Å². The summed E-state index contributed by atoms with van der Waals surface area (Å²) in [6.07, 6.45) is 4.62. The Labute approximate surface area is 177 Å². The molecular weight excluding hydrogens is 412 g/mol. The summed E-state index contributed by atoms with van der Waals surface area (Å²) in [7, 11) is 0. The number of nitrogens with zero attached hydrogens (tertiary/aromatic N) is 1. The van der Waals surface area contributed by atoms with Crippen LogP contribution in [0.15, 0.2) is 46.7 Å². The van der Waals surface area contributed by atoms with Crippen LogP contribution in [-0.2, 0) is 9.59 Å². The highest BCUT2D eigenvalue weighted by Crippen LogP contribution is 2.33. The van der Waals surface area contributed by atoms with E-state index in [1.54, 1.807) is 34.4 Å². The number of aromatic hydroxyl groups is 1. The number of carbonyl (C=O) groups excluding carboxylic acids is 2. The van der Waals surface area contributed by atoms with E-state index < -0.39 is 0 Å². The summed E-state index contributed by atoms with van der Waals surface area (Å²) < 4.78 is 0.592. The number of thiocarbonyl (C=S) groups is 1. The molecule has 0 atom stereocenters. The highest BCUT2D eigenvalue weighted by atomic mass is 32.2. The standard InChI is InChI=1S/C20H20N2O3S3/c23-15-7-4-6-14(12-15)21-18(24)9-2-1-3-10-22-19(25)17(28-20(22)26)13-16-8-5-11-27-16/h4-8,11-13,23H,1-3,9-10H2,(H,21,24)/b17-13+. The van der Waals surface area contributed by atoms with Gasteiger partial charge in [0.15, 0.2) is 0 Å². The normalized spacial score (nSPS) is 15.4. The van der Waals surface area contributed by atoms with Crippen LogP contribution in [0.2, 0.25) is 0 Å². The second-order valence-electron chi connectivity index (χ2n) is 6.26. The van der Waals surface area contributed by atoms with Crippen LogP contribution in [0.3, 0.4) is 0 Å². The Morgan fingerprint density at radius 2 is 2.07 bits per heavy atom. The zero-order valence-electron chi connectivity index (χ0n) is 15.1. The molecule has 0 unspecified atom stereocenters. The van der Waals surface area contributed by atoms with E-state index in [0.29, 0.717) is 27.9 Å². The molecule has 0 aliphatic carbocycles. The molecule has 1 aliphatic rings. The third-order valence-electron chi connectivity index (χ3n) is 4.11. The van der Waals surface area contributed by atoms with Crippen molar-refractivity contribution in [2.45, 2.75) is 25.7 Å². The van der Waals surface area contributed by atoms with Crippen molar-refractivity contribution < 1.29 is 14.7 Å². The molecule has 0 saturated carbocycles. The van der Waals surface area contributed by atoms with Crippen LogP contribution < -0.4 is 5.32 Å². The minimum Gasteiger partial charge on any atom is -0.508 e. The van der Waals surface area contributed by atoms with Crippen molar-refractivity contribution in [3.8, 4) is 5.75 Å². The summed E-state index contributed by atoms with van der Waals surface area (Å²) in [4.78, 5) is 27.8. The molecule has 3 rings (SSSR count). The lowest BCUT2D eigenvalue weighted by molar-refractivity contribution is -0.122. The first-order valence-corrected chi connectivity index (χ1v) is 11.0. The van der Waals surface area contributed by atoms with E-state index in [9.17, 15) is 14.7 Å². The van der Waals surface area contributed by atoms with Gasteiger partial charge in [-0.15, -0.1) is 11.3 Å². The van der Waals surface area contributed by atoms with Crippen molar-refractivity contribution in [2.24, 2.45) is 0 Å². The topological polar surface area (TPSA) is 69.6 Å². The van der Waals surface area contributed by atoms with Crippen LogP contribution in [0.1, 0.15) is 30.6 Å². The summed E-state index contributed by atoms with van der Waals surface area (Å²) >= 11 is 8.27. The Morgan fingerprint density at radius 3 is 2.82 bits per heavy atom. The smallest absolute Gasteiger partial charge is 0.266 e.